The third-order valence-corrected chi connectivity index (χ3v) is 6.20. The van der Waals surface area contributed by atoms with Gasteiger partial charge in [0.05, 0.1) is 24.8 Å². The number of morpholine rings is 1. The van der Waals surface area contributed by atoms with E-state index >= 15 is 0 Å². The molecule has 0 aliphatic carbocycles. The van der Waals surface area contributed by atoms with Gasteiger partial charge in [0.2, 0.25) is 0 Å². The van der Waals surface area contributed by atoms with Gasteiger partial charge in [-0.15, -0.1) is 0 Å². The molecule has 0 radical (unpaired) electrons. The van der Waals surface area contributed by atoms with Crippen molar-refractivity contribution < 1.29 is 28.6 Å². The Morgan fingerprint density at radius 3 is 2.43 bits per heavy atom. The molecule has 1 unspecified atom stereocenters. The molecule has 2 aromatic carbocycles. The Morgan fingerprint density at radius 1 is 1.09 bits per heavy atom. The van der Waals surface area contributed by atoms with Crippen LogP contribution in [0, 0.1) is 5.82 Å². The molecule has 4 rings (SSSR count). The molecule has 2 aliphatic heterocycles. The molecule has 2 aliphatic rings. The van der Waals surface area contributed by atoms with Gasteiger partial charge in [-0.25, -0.2) is 4.39 Å². The molecule has 2 aromatic rings. The number of amides is 1. The maximum atomic E-state index is 13.4. The molecule has 0 bridgehead atoms. The topological polar surface area (TPSA) is 79.3 Å². The quantitative estimate of drug-likeness (QED) is 0.256. The minimum Gasteiger partial charge on any atom is -0.507 e. The molecule has 35 heavy (non-hydrogen) atoms. The monoisotopic (exact) mass is 480 g/mol. The van der Waals surface area contributed by atoms with Crippen molar-refractivity contribution in [2.45, 2.75) is 12.5 Å². The first-order valence-corrected chi connectivity index (χ1v) is 11.7. The average Bonchev–Trinajstić information content (AvgIpc) is 3.13. The summed E-state index contributed by atoms with van der Waals surface area (Å²) < 4.78 is 24.4. The fourth-order valence-corrected chi connectivity index (χ4v) is 4.41. The summed E-state index contributed by atoms with van der Waals surface area (Å²) in [7, 11) is 0. The van der Waals surface area contributed by atoms with Crippen molar-refractivity contribution >= 4 is 17.4 Å². The van der Waals surface area contributed by atoms with Crippen LogP contribution in [0.25, 0.3) is 5.76 Å². The predicted octanol–water partition coefficient (Wildman–Crippen LogP) is 3.53. The molecule has 8 heteroatoms. The van der Waals surface area contributed by atoms with Gasteiger partial charge >= 0.3 is 0 Å². The number of hydrogen-bond donors (Lipinski definition) is 1. The molecule has 0 aromatic heterocycles. The summed E-state index contributed by atoms with van der Waals surface area (Å²) in [6.07, 6.45) is 2.31. The maximum absolute atomic E-state index is 13.4. The van der Waals surface area contributed by atoms with Crippen molar-refractivity contribution in [3.63, 3.8) is 0 Å². The summed E-state index contributed by atoms with van der Waals surface area (Å²) in [5.74, 6) is -1.58. The third kappa shape index (κ3) is 5.61. The molecular weight excluding hydrogens is 451 g/mol. The molecule has 2 fully saturated rings. The van der Waals surface area contributed by atoms with Crippen LogP contribution in [0.2, 0.25) is 0 Å². The molecule has 2 heterocycles. The summed E-state index contributed by atoms with van der Waals surface area (Å²) in [5, 5.41) is 11.0. The predicted molar refractivity (Wildman–Crippen MR) is 129 cm³/mol. The first-order chi connectivity index (χ1) is 17.0. The Balaban J connectivity index is 1.65. The van der Waals surface area contributed by atoms with E-state index in [0.29, 0.717) is 44.1 Å². The highest BCUT2D eigenvalue weighted by Crippen LogP contribution is 2.40. The van der Waals surface area contributed by atoms with E-state index < -0.39 is 23.5 Å². The van der Waals surface area contributed by atoms with E-state index in [0.717, 1.165) is 19.6 Å². The van der Waals surface area contributed by atoms with Crippen molar-refractivity contribution in [1.82, 2.24) is 9.80 Å². The molecule has 1 N–H and O–H groups in total. The van der Waals surface area contributed by atoms with Crippen LogP contribution in [0.15, 0.2) is 66.8 Å². The zero-order chi connectivity index (χ0) is 24.8. The number of ketones is 1. The molecule has 0 saturated carbocycles. The highest BCUT2D eigenvalue weighted by molar-refractivity contribution is 6.46. The van der Waals surface area contributed by atoms with Crippen LogP contribution in [0.1, 0.15) is 23.6 Å². The summed E-state index contributed by atoms with van der Waals surface area (Å²) in [6.45, 7) is 8.13. The average molecular weight is 481 g/mol. The van der Waals surface area contributed by atoms with Gasteiger partial charge in [-0.2, -0.15) is 0 Å². The number of hydrogen-bond acceptors (Lipinski definition) is 6. The first kappa shape index (κ1) is 24.6. The number of carbonyl (C=O) groups is 2. The van der Waals surface area contributed by atoms with Gasteiger partial charge < -0.3 is 19.5 Å². The summed E-state index contributed by atoms with van der Waals surface area (Å²) in [6, 6.07) is 11.5. The van der Waals surface area contributed by atoms with Crippen molar-refractivity contribution in [2.75, 3.05) is 46.0 Å². The Morgan fingerprint density at radius 2 is 1.77 bits per heavy atom. The van der Waals surface area contributed by atoms with E-state index in [2.05, 4.69) is 11.5 Å². The van der Waals surface area contributed by atoms with Crippen LogP contribution in [0.3, 0.4) is 0 Å². The lowest BCUT2D eigenvalue weighted by atomic mass is 9.95. The molecule has 1 amide bonds. The van der Waals surface area contributed by atoms with E-state index in [1.165, 1.54) is 29.2 Å². The smallest absolute Gasteiger partial charge is 0.295 e. The number of halogens is 1. The SMILES string of the molecule is C=CCOc1ccc(C2/C(=C(\O)c3ccc(F)cc3)C(=O)C(=O)N2CCCN2CCOCC2)cc1. The van der Waals surface area contributed by atoms with Gasteiger partial charge in [-0.05, 0) is 48.4 Å². The minimum atomic E-state index is -0.766. The van der Waals surface area contributed by atoms with E-state index in [9.17, 15) is 19.1 Å². The van der Waals surface area contributed by atoms with Gasteiger partial charge in [0.25, 0.3) is 11.7 Å². The number of benzene rings is 2. The van der Waals surface area contributed by atoms with Crippen LogP contribution in [-0.4, -0.2) is 72.6 Å². The number of rotatable bonds is 9. The van der Waals surface area contributed by atoms with Crippen LogP contribution >= 0.6 is 0 Å². The molecular formula is C27H29FN2O5. The largest absolute Gasteiger partial charge is 0.507 e. The van der Waals surface area contributed by atoms with E-state index in [4.69, 9.17) is 9.47 Å². The zero-order valence-corrected chi connectivity index (χ0v) is 19.5. The minimum absolute atomic E-state index is 0.00672. The van der Waals surface area contributed by atoms with Gasteiger partial charge in [0.1, 0.15) is 23.9 Å². The molecule has 2 saturated heterocycles. The first-order valence-electron chi connectivity index (χ1n) is 11.7. The standard InChI is InChI=1S/C27H29FN2O5/c1-2-16-35-22-10-6-19(7-11-22)24-23(25(31)20-4-8-21(28)9-5-20)26(32)27(33)30(24)13-3-12-29-14-17-34-18-15-29/h2,4-11,24,31H,1,3,12-18H2/b25-23+. The maximum Gasteiger partial charge on any atom is 0.295 e. The number of likely N-dealkylation sites (tertiary alicyclic amines) is 1. The summed E-state index contributed by atoms with van der Waals surface area (Å²) in [5.41, 5.74) is 0.937. The number of nitrogens with zero attached hydrogens (tertiary/aromatic N) is 2. The van der Waals surface area contributed by atoms with Gasteiger partial charge in [-0.3, -0.25) is 14.5 Å². The van der Waals surface area contributed by atoms with Crippen LogP contribution in [-0.2, 0) is 14.3 Å². The lowest BCUT2D eigenvalue weighted by molar-refractivity contribution is -0.140. The van der Waals surface area contributed by atoms with Gasteiger partial charge in [0, 0.05) is 31.7 Å². The fourth-order valence-electron chi connectivity index (χ4n) is 4.41. The second-order valence-corrected chi connectivity index (χ2v) is 8.48. The lowest BCUT2D eigenvalue weighted by Gasteiger charge is -2.29. The van der Waals surface area contributed by atoms with Crippen LogP contribution < -0.4 is 4.74 Å². The van der Waals surface area contributed by atoms with Crippen LogP contribution in [0.4, 0.5) is 4.39 Å². The van der Waals surface area contributed by atoms with Crippen molar-refractivity contribution in [1.29, 1.82) is 0 Å². The number of Topliss-reactive ketones (excluding diaryl/α,β-unsaturated/α-hetero) is 1. The Kier molecular flexibility index (Phi) is 7.94. The molecule has 1 atom stereocenters. The Labute approximate surface area is 204 Å². The van der Waals surface area contributed by atoms with E-state index in [1.54, 1.807) is 30.3 Å². The van der Waals surface area contributed by atoms with Crippen molar-refractivity contribution in [2.24, 2.45) is 0 Å². The van der Waals surface area contributed by atoms with Gasteiger partial charge in [-0.1, -0.05) is 24.8 Å². The lowest BCUT2D eigenvalue weighted by Crippen LogP contribution is -2.38. The number of carbonyl (C=O) groups excluding carboxylic acids is 2. The molecule has 7 nitrogen and oxygen atoms in total. The number of aliphatic hydroxyl groups excluding tert-OH is 1. The Hall–Kier alpha value is -3.49. The molecule has 0 spiro atoms. The van der Waals surface area contributed by atoms with Crippen molar-refractivity contribution in [3.05, 3.63) is 83.7 Å². The molecule has 184 valence electrons. The Bertz CT molecular complexity index is 1090. The highest BCUT2D eigenvalue weighted by Gasteiger charge is 2.45. The number of aliphatic hydroxyl groups is 1. The van der Waals surface area contributed by atoms with E-state index in [-0.39, 0.29) is 16.9 Å². The normalized spacial score (nSPS) is 20.3. The fraction of sp³-hybridized carbons (Fsp3) is 0.333. The second kappa shape index (κ2) is 11.3. The van der Waals surface area contributed by atoms with Crippen LogP contribution in [0.5, 0.6) is 5.75 Å². The zero-order valence-electron chi connectivity index (χ0n) is 19.5. The van der Waals surface area contributed by atoms with Gasteiger partial charge in [0.15, 0.2) is 0 Å². The summed E-state index contributed by atoms with van der Waals surface area (Å²) >= 11 is 0. The second-order valence-electron chi connectivity index (χ2n) is 8.48. The third-order valence-electron chi connectivity index (χ3n) is 6.20. The number of ether oxygens (including phenoxy) is 2. The van der Waals surface area contributed by atoms with E-state index in [1.807, 2.05) is 0 Å². The highest BCUT2D eigenvalue weighted by atomic mass is 19.1. The summed E-state index contributed by atoms with van der Waals surface area (Å²) in [4.78, 5) is 30.0. The van der Waals surface area contributed by atoms with Crippen molar-refractivity contribution in [3.8, 4) is 5.75 Å².